The van der Waals surface area contributed by atoms with Crippen LogP contribution in [0.2, 0.25) is 0 Å². The van der Waals surface area contributed by atoms with Gasteiger partial charge in [0.2, 0.25) is 11.8 Å². The number of amides is 4. The fourth-order valence-electron chi connectivity index (χ4n) is 3.83. The molecule has 0 spiro atoms. The van der Waals surface area contributed by atoms with Crippen LogP contribution in [-0.4, -0.2) is 96.2 Å². The number of carboxylic acid groups (broad SMARTS) is 1. The number of fused-ring (bicyclic) bond motifs is 1. The number of alkyl halides is 3. The highest BCUT2D eigenvalue weighted by molar-refractivity contribution is 6.09. The largest absolute Gasteiger partial charge is 0.490 e. The van der Waals surface area contributed by atoms with Crippen molar-refractivity contribution in [2.45, 2.75) is 38.5 Å². The molecule has 2 saturated heterocycles. The summed E-state index contributed by atoms with van der Waals surface area (Å²) >= 11 is 0. The van der Waals surface area contributed by atoms with E-state index in [1.165, 1.54) is 14.2 Å². The molecule has 14 heteroatoms. The van der Waals surface area contributed by atoms with Gasteiger partial charge in [0.1, 0.15) is 5.54 Å². The summed E-state index contributed by atoms with van der Waals surface area (Å²) in [5.41, 5.74) is -1.30. The number of urea groups is 1. The van der Waals surface area contributed by atoms with Crippen LogP contribution in [0.1, 0.15) is 20.8 Å². The van der Waals surface area contributed by atoms with Crippen molar-refractivity contribution in [3.8, 4) is 0 Å². The number of halogens is 3. The van der Waals surface area contributed by atoms with E-state index >= 15 is 0 Å². The van der Waals surface area contributed by atoms with Gasteiger partial charge in [-0.3, -0.25) is 24.6 Å². The molecule has 0 aromatic carbocycles. The molecule has 4 amide bonds. The minimum Gasteiger partial charge on any atom is -0.475 e. The van der Waals surface area contributed by atoms with Gasteiger partial charge in [-0.1, -0.05) is 0 Å². The number of imide groups is 1. The summed E-state index contributed by atoms with van der Waals surface area (Å²) in [7, 11) is 2.66. The SMILES string of the molecule is CCNC(=O)N(CC)C[C@H]1N[C@@](C)(C(=O)OC)[C@H]2C(=O)N(C)C(=O)[C@@H]12.O=C(O)C(F)(F)F. The summed E-state index contributed by atoms with van der Waals surface area (Å²) in [6, 6.07) is -0.766. The number of nitrogens with zero attached hydrogens (tertiary/aromatic N) is 2. The lowest BCUT2D eigenvalue weighted by Gasteiger charge is -2.30. The molecule has 2 aliphatic rings. The van der Waals surface area contributed by atoms with Gasteiger partial charge in [-0.05, 0) is 20.8 Å². The van der Waals surface area contributed by atoms with Crippen molar-refractivity contribution in [2.24, 2.45) is 11.8 Å². The zero-order valence-corrected chi connectivity index (χ0v) is 18.3. The molecule has 4 atom stereocenters. The van der Waals surface area contributed by atoms with Gasteiger partial charge in [-0.15, -0.1) is 0 Å². The normalized spacial score (nSPS) is 26.8. The molecular weight excluding hydrogens is 441 g/mol. The predicted octanol–water partition coefficient (Wildman–Crippen LogP) is -0.194. The third-order valence-corrected chi connectivity index (χ3v) is 5.38. The molecule has 0 aromatic heterocycles. The van der Waals surface area contributed by atoms with Crippen molar-refractivity contribution in [3.63, 3.8) is 0 Å². The first-order valence-corrected chi connectivity index (χ1v) is 9.67. The van der Waals surface area contributed by atoms with Crippen molar-refractivity contribution < 1.29 is 47.0 Å². The number of ether oxygens (including phenoxy) is 1. The Balaban J connectivity index is 0.000000633. The van der Waals surface area contributed by atoms with Crippen LogP contribution in [0.5, 0.6) is 0 Å². The standard InChI is InChI=1S/C16H26N4O5.C2HF3O2/c1-6-17-15(24)20(7-2)8-9-10-11(13(22)19(4)12(10)21)16(3,18-9)14(23)25-5;3-2(4,5)1(6)7/h9-11,18H,6-8H2,1-5H3,(H,17,24);(H,6,7)/t9-,10+,11-,16-;/m1./s1. The van der Waals surface area contributed by atoms with Gasteiger partial charge >= 0.3 is 24.1 Å². The molecular formula is C18H27F3N4O7. The maximum absolute atomic E-state index is 12.6. The number of carboxylic acids is 1. The molecule has 0 bridgehead atoms. The number of nitrogens with one attached hydrogen (secondary N) is 2. The van der Waals surface area contributed by atoms with E-state index in [1.807, 2.05) is 13.8 Å². The van der Waals surface area contributed by atoms with Crippen LogP contribution >= 0.6 is 0 Å². The van der Waals surface area contributed by atoms with Crippen molar-refractivity contribution in [2.75, 3.05) is 33.8 Å². The van der Waals surface area contributed by atoms with E-state index in [4.69, 9.17) is 14.6 Å². The number of carbonyl (C=O) groups is 5. The van der Waals surface area contributed by atoms with Crippen molar-refractivity contribution in [3.05, 3.63) is 0 Å². The van der Waals surface area contributed by atoms with E-state index in [-0.39, 0.29) is 18.5 Å². The van der Waals surface area contributed by atoms with Crippen LogP contribution in [-0.2, 0) is 23.9 Å². The van der Waals surface area contributed by atoms with Crippen LogP contribution in [0.15, 0.2) is 0 Å². The van der Waals surface area contributed by atoms with Gasteiger partial charge in [-0.2, -0.15) is 13.2 Å². The second-order valence-corrected chi connectivity index (χ2v) is 7.36. The number of aliphatic carboxylic acids is 1. The van der Waals surface area contributed by atoms with E-state index in [0.29, 0.717) is 13.1 Å². The second-order valence-electron chi connectivity index (χ2n) is 7.36. The second kappa shape index (κ2) is 10.1. The molecule has 2 rings (SSSR count). The topological polar surface area (TPSA) is 145 Å². The van der Waals surface area contributed by atoms with E-state index in [1.54, 1.807) is 11.8 Å². The van der Waals surface area contributed by atoms with Gasteiger partial charge in [0.25, 0.3) is 0 Å². The molecule has 11 nitrogen and oxygen atoms in total. The Bertz CT molecular complexity index is 776. The smallest absolute Gasteiger partial charge is 0.475 e. The van der Waals surface area contributed by atoms with E-state index in [9.17, 15) is 32.3 Å². The Kier molecular flexibility index (Phi) is 8.60. The molecule has 2 aliphatic heterocycles. The first-order valence-electron chi connectivity index (χ1n) is 9.67. The number of likely N-dealkylation sites (N-methyl/N-ethyl adjacent to an activating group) is 1. The van der Waals surface area contributed by atoms with Crippen LogP contribution < -0.4 is 10.6 Å². The van der Waals surface area contributed by atoms with Crippen LogP contribution in [0.3, 0.4) is 0 Å². The molecule has 2 fully saturated rings. The van der Waals surface area contributed by atoms with Gasteiger partial charge in [-0.25, -0.2) is 9.59 Å². The molecule has 0 radical (unpaired) electrons. The van der Waals surface area contributed by atoms with Crippen molar-refractivity contribution in [1.82, 2.24) is 20.4 Å². The average molecular weight is 468 g/mol. The number of likely N-dealkylation sites (tertiary alicyclic amines) is 1. The summed E-state index contributed by atoms with van der Waals surface area (Å²) in [5.74, 6) is -5.64. The van der Waals surface area contributed by atoms with Crippen LogP contribution in [0.4, 0.5) is 18.0 Å². The Hall–Kier alpha value is -2.90. The molecule has 3 N–H and O–H groups in total. The molecule has 32 heavy (non-hydrogen) atoms. The number of rotatable bonds is 5. The minimum absolute atomic E-state index is 0.211. The van der Waals surface area contributed by atoms with Gasteiger partial charge in [0.15, 0.2) is 0 Å². The van der Waals surface area contributed by atoms with Crippen LogP contribution in [0.25, 0.3) is 0 Å². The highest BCUT2D eigenvalue weighted by atomic mass is 19.4. The highest BCUT2D eigenvalue weighted by Gasteiger charge is 2.66. The lowest BCUT2D eigenvalue weighted by atomic mass is 9.81. The van der Waals surface area contributed by atoms with Crippen molar-refractivity contribution in [1.29, 1.82) is 0 Å². The lowest BCUT2D eigenvalue weighted by molar-refractivity contribution is -0.192. The predicted molar refractivity (Wildman–Crippen MR) is 102 cm³/mol. The summed E-state index contributed by atoms with van der Waals surface area (Å²) in [6.07, 6.45) is -5.08. The zero-order valence-electron chi connectivity index (χ0n) is 18.3. The maximum Gasteiger partial charge on any atom is 0.490 e. The minimum atomic E-state index is -5.08. The highest BCUT2D eigenvalue weighted by Crippen LogP contribution is 2.43. The van der Waals surface area contributed by atoms with E-state index in [0.717, 1.165) is 4.90 Å². The third kappa shape index (κ3) is 5.29. The molecule has 0 saturated carbocycles. The number of hydrogen-bond acceptors (Lipinski definition) is 7. The number of esters is 1. The summed E-state index contributed by atoms with van der Waals surface area (Å²) in [4.78, 5) is 61.1. The Morgan fingerprint density at radius 1 is 1.25 bits per heavy atom. The van der Waals surface area contributed by atoms with E-state index < -0.39 is 47.4 Å². The summed E-state index contributed by atoms with van der Waals surface area (Å²) < 4.78 is 36.6. The maximum atomic E-state index is 12.6. The molecule has 182 valence electrons. The lowest BCUT2D eigenvalue weighted by Crippen LogP contribution is -2.56. The number of hydrogen-bond donors (Lipinski definition) is 3. The first kappa shape index (κ1) is 27.1. The molecule has 2 heterocycles. The fourth-order valence-corrected chi connectivity index (χ4v) is 3.83. The first-order chi connectivity index (χ1) is 14.7. The molecule has 0 aliphatic carbocycles. The quantitative estimate of drug-likeness (QED) is 0.372. The van der Waals surface area contributed by atoms with Gasteiger partial charge in [0, 0.05) is 32.7 Å². The molecule has 0 unspecified atom stereocenters. The number of carbonyl (C=O) groups excluding carboxylic acids is 4. The Morgan fingerprint density at radius 3 is 2.19 bits per heavy atom. The summed E-state index contributed by atoms with van der Waals surface area (Å²) in [5, 5.41) is 12.9. The van der Waals surface area contributed by atoms with E-state index in [2.05, 4.69) is 10.6 Å². The summed E-state index contributed by atoms with van der Waals surface area (Å²) in [6.45, 7) is 6.35. The zero-order chi connectivity index (χ0) is 25.0. The monoisotopic (exact) mass is 468 g/mol. The van der Waals surface area contributed by atoms with Crippen molar-refractivity contribution >= 4 is 29.8 Å². The van der Waals surface area contributed by atoms with Crippen LogP contribution in [0, 0.1) is 11.8 Å². The average Bonchev–Trinajstić information content (AvgIpc) is 3.13. The third-order valence-electron chi connectivity index (χ3n) is 5.38. The Morgan fingerprint density at radius 2 is 1.78 bits per heavy atom. The molecule has 0 aromatic rings. The fraction of sp³-hybridized carbons (Fsp3) is 0.722. The number of methoxy groups -OCH3 is 1. The van der Waals surface area contributed by atoms with Gasteiger partial charge in [0.05, 0.1) is 18.9 Å². The van der Waals surface area contributed by atoms with Gasteiger partial charge < -0.3 is 20.1 Å². The Labute approximate surface area is 182 Å².